The van der Waals surface area contributed by atoms with Gasteiger partial charge in [0.1, 0.15) is 5.56 Å². The first-order chi connectivity index (χ1) is 9.79. The van der Waals surface area contributed by atoms with Crippen molar-refractivity contribution in [1.82, 2.24) is 19.3 Å². The summed E-state index contributed by atoms with van der Waals surface area (Å²) in [6.45, 7) is -0.193. The molecule has 0 radical (unpaired) electrons. The molecule has 0 bridgehead atoms. The zero-order valence-electron chi connectivity index (χ0n) is 10.6. The Kier molecular flexibility index (Phi) is 3.17. The number of pyridine rings is 1. The van der Waals surface area contributed by atoms with Crippen LogP contribution in [0.25, 0.3) is 5.65 Å². The van der Waals surface area contributed by atoms with Crippen molar-refractivity contribution >= 4 is 15.7 Å². The SMILES string of the molecule is O=S(=O)(NCc1nnc2c(C(F)(F)F)cccn12)C1CC1. The van der Waals surface area contributed by atoms with Crippen molar-refractivity contribution in [2.45, 2.75) is 30.8 Å². The van der Waals surface area contributed by atoms with Crippen molar-refractivity contribution in [3.05, 3.63) is 29.7 Å². The maximum Gasteiger partial charge on any atom is 0.420 e. The third-order valence-electron chi connectivity index (χ3n) is 3.21. The van der Waals surface area contributed by atoms with E-state index in [1.54, 1.807) is 0 Å². The van der Waals surface area contributed by atoms with Crippen LogP contribution in [0.3, 0.4) is 0 Å². The molecule has 6 nitrogen and oxygen atoms in total. The number of nitrogens with zero attached hydrogens (tertiary/aromatic N) is 3. The van der Waals surface area contributed by atoms with Gasteiger partial charge in [-0.05, 0) is 25.0 Å². The number of hydrogen-bond donors (Lipinski definition) is 1. The van der Waals surface area contributed by atoms with Crippen LogP contribution in [0.15, 0.2) is 18.3 Å². The largest absolute Gasteiger partial charge is 0.420 e. The molecular weight excluding hydrogens is 309 g/mol. The van der Waals surface area contributed by atoms with Gasteiger partial charge in [-0.2, -0.15) is 13.2 Å². The summed E-state index contributed by atoms with van der Waals surface area (Å²) in [7, 11) is -3.42. The van der Waals surface area contributed by atoms with Crippen molar-refractivity contribution in [3.63, 3.8) is 0 Å². The number of aromatic nitrogens is 3. The lowest BCUT2D eigenvalue weighted by atomic mass is 10.2. The molecule has 1 aliphatic carbocycles. The van der Waals surface area contributed by atoms with E-state index in [4.69, 9.17) is 0 Å². The van der Waals surface area contributed by atoms with Crippen molar-refractivity contribution in [1.29, 1.82) is 0 Å². The van der Waals surface area contributed by atoms with Gasteiger partial charge in [-0.1, -0.05) is 0 Å². The van der Waals surface area contributed by atoms with Crippen LogP contribution in [0, 0.1) is 0 Å². The van der Waals surface area contributed by atoms with Gasteiger partial charge in [0.05, 0.1) is 11.8 Å². The van der Waals surface area contributed by atoms with Gasteiger partial charge in [0.15, 0.2) is 11.5 Å². The summed E-state index contributed by atoms with van der Waals surface area (Å²) in [6.07, 6.45) is -1.96. The molecule has 0 amide bonds. The molecule has 1 N–H and O–H groups in total. The van der Waals surface area contributed by atoms with Gasteiger partial charge in [0.2, 0.25) is 10.0 Å². The quantitative estimate of drug-likeness (QED) is 0.922. The van der Waals surface area contributed by atoms with E-state index >= 15 is 0 Å². The first-order valence-corrected chi connectivity index (χ1v) is 7.72. The van der Waals surface area contributed by atoms with Gasteiger partial charge in [0, 0.05) is 6.20 Å². The number of sulfonamides is 1. The summed E-state index contributed by atoms with van der Waals surface area (Å²) in [6, 6.07) is 2.13. The van der Waals surface area contributed by atoms with Gasteiger partial charge >= 0.3 is 6.18 Å². The Hall–Kier alpha value is -1.68. The van der Waals surface area contributed by atoms with Crippen molar-refractivity contribution in [2.24, 2.45) is 0 Å². The van der Waals surface area contributed by atoms with E-state index in [1.807, 2.05) is 0 Å². The number of halogens is 3. The molecule has 0 aromatic carbocycles. The second-order valence-corrected chi connectivity index (χ2v) is 6.84. The Balaban J connectivity index is 1.91. The summed E-state index contributed by atoms with van der Waals surface area (Å²) in [5.41, 5.74) is -1.25. The van der Waals surface area contributed by atoms with Crippen molar-refractivity contribution in [2.75, 3.05) is 0 Å². The molecule has 10 heteroatoms. The van der Waals surface area contributed by atoms with E-state index in [1.165, 1.54) is 12.3 Å². The predicted molar refractivity (Wildman–Crippen MR) is 66.8 cm³/mol. The maximum absolute atomic E-state index is 12.8. The molecule has 0 atom stereocenters. The third kappa shape index (κ3) is 2.72. The Morgan fingerprint density at radius 2 is 2.05 bits per heavy atom. The van der Waals surface area contributed by atoms with E-state index < -0.39 is 27.0 Å². The number of hydrogen-bond acceptors (Lipinski definition) is 4. The van der Waals surface area contributed by atoms with E-state index in [0.29, 0.717) is 12.8 Å². The van der Waals surface area contributed by atoms with Crippen molar-refractivity contribution in [3.8, 4) is 0 Å². The van der Waals surface area contributed by atoms with Gasteiger partial charge in [-0.25, -0.2) is 13.1 Å². The second-order valence-electron chi connectivity index (χ2n) is 4.79. The Labute approximate surface area is 118 Å². The lowest BCUT2D eigenvalue weighted by molar-refractivity contribution is -0.136. The standard InChI is InChI=1S/C11H11F3N4O2S/c12-11(13,14)8-2-1-5-18-9(16-17-10(8)18)6-15-21(19,20)7-3-4-7/h1-2,5,7,15H,3-4,6H2. The molecule has 2 aromatic heterocycles. The smallest absolute Gasteiger partial charge is 0.285 e. The fourth-order valence-corrected chi connectivity index (χ4v) is 3.29. The first kappa shape index (κ1) is 14.3. The van der Waals surface area contributed by atoms with Crippen LogP contribution in [-0.2, 0) is 22.7 Å². The minimum absolute atomic E-state index is 0.111. The van der Waals surface area contributed by atoms with Gasteiger partial charge in [-0.3, -0.25) is 4.40 Å². The van der Waals surface area contributed by atoms with Gasteiger partial charge < -0.3 is 0 Å². The van der Waals surface area contributed by atoms with Crippen LogP contribution in [-0.4, -0.2) is 28.3 Å². The zero-order valence-corrected chi connectivity index (χ0v) is 11.4. The summed E-state index contributed by atoms with van der Waals surface area (Å²) >= 11 is 0. The van der Waals surface area contributed by atoms with Crippen LogP contribution in [0.5, 0.6) is 0 Å². The second kappa shape index (κ2) is 4.67. The summed E-state index contributed by atoms with van der Waals surface area (Å²) in [5.74, 6) is 0.111. The maximum atomic E-state index is 12.8. The molecular formula is C11H11F3N4O2S. The number of rotatable bonds is 4. The van der Waals surface area contributed by atoms with E-state index in [2.05, 4.69) is 14.9 Å². The summed E-state index contributed by atoms with van der Waals surface area (Å²) in [5, 5.41) is 6.74. The molecule has 0 unspecified atom stereocenters. The van der Waals surface area contributed by atoms with Gasteiger partial charge in [-0.15, -0.1) is 10.2 Å². The molecule has 1 aliphatic rings. The highest BCUT2D eigenvalue weighted by Crippen LogP contribution is 2.32. The van der Waals surface area contributed by atoms with Crippen LogP contribution >= 0.6 is 0 Å². The average Bonchev–Trinajstić information content (AvgIpc) is 3.17. The number of nitrogens with one attached hydrogen (secondary N) is 1. The van der Waals surface area contributed by atoms with E-state index in [0.717, 1.165) is 10.5 Å². The minimum atomic E-state index is -4.54. The molecule has 21 heavy (non-hydrogen) atoms. The fourth-order valence-electron chi connectivity index (χ4n) is 1.97. The number of fused-ring (bicyclic) bond motifs is 1. The Bertz CT molecular complexity index is 780. The lowest BCUT2D eigenvalue weighted by Crippen LogP contribution is -2.27. The molecule has 1 fully saturated rings. The highest BCUT2D eigenvalue weighted by molar-refractivity contribution is 7.90. The van der Waals surface area contributed by atoms with Crippen molar-refractivity contribution < 1.29 is 21.6 Å². The molecule has 114 valence electrons. The van der Waals surface area contributed by atoms with Crippen LogP contribution < -0.4 is 4.72 Å². The molecule has 0 aliphatic heterocycles. The molecule has 2 aromatic rings. The third-order valence-corrected chi connectivity index (χ3v) is 5.10. The molecule has 2 heterocycles. The zero-order chi connectivity index (χ0) is 15.3. The molecule has 3 rings (SSSR count). The van der Waals surface area contributed by atoms with E-state index in [9.17, 15) is 21.6 Å². The highest BCUT2D eigenvalue weighted by atomic mass is 32.2. The molecule has 0 saturated heterocycles. The Morgan fingerprint density at radius 1 is 1.33 bits per heavy atom. The first-order valence-electron chi connectivity index (χ1n) is 6.17. The van der Waals surface area contributed by atoms with Crippen LogP contribution in [0.4, 0.5) is 13.2 Å². The van der Waals surface area contributed by atoms with Gasteiger partial charge in [0.25, 0.3) is 0 Å². The molecule has 1 saturated carbocycles. The van der Waals surface area contributed by atoms with Crippen LogP contribution in [0.2, 0.25) is 0 Å². The monoisotopic (exact) mass is 320 g/mol. The van der Waals surface area contributed by atoms with Crippen LogP contribution in [0.1, 0.15) is 24.2 Å². The normalized spacial score (nSPS) is 16.5. The topological polar surface area (TPSA) is 76.4 Å². The lowest BCUT2D eigenvalue weighted by Gasteiger charge is -2.08. The minimum Gasteiger partial charge on any atom is -0.285 e. The van der Waals surface area contributed by atoms with E-state index in [-0.39, 0.29) is 18.0 Å². The molecule has 0 spiro atoms. The fraction of sp³-hybridized carbons (Fsp3) is 0.455. The summed E-state index contributed by atoms with van der Waals surface area (Å²) < 4.78 is 65.4. The number of alkyl halides is 3. The summed E-state index contributed by atoms with van der Waals surface area (Å²) in [4.78, 5) is 0. The predicted octanol–water partition coefficient (Wildman–Crippen LogP) is 1.33. The average molecular weight is 320 g/mol. The highest BCUT2D eigenvalue weighted by Gasteiger charge is 2.36. The Morgan fingerprint density at radius 3 is 2.67 bits per heavy atom.